The molecule has 0 bridgehead atoms. The van der Waals surface area contributed by atoms with Crippen LogP contribution in [0.1, 0.15) is 18.9 Å². The van der Waals surface area contributed by atoms with Gasteiger partial charge >= 0.3 is 0 Å². The molecule has 0 spiro atoms. The number of aryl methyl sites for hydroxylation is 1. The molecule has 1 N–H and O–H groups in total. The van der Waals surface area contributed by atoms with Crippen LogP contribution in [-0.4, -0.2) is 20.8 Å². The van der Waals surface area contributed by atoms with Crippen molar-refractivity contribution in [2.24, 2.45) is 5.92 Å². The number of nitrogens with zero attached hydrogens (tertiary/aromatic N) is 1. The van der Waals surface area contributed by atoms with Gasteiger partial charge in [0.05, 0.1) is 31.9 Å². The maximum absolute atomic E-state index is 8.93. The minimum Gasteiger partial charge on any atom is -0.496 e. The lowest BCUT2D eigenvalue weighted by molar-refractivity contribution is 0.401. The summed E-state index contributed by atoms with van der Waals surface area (Å²) in [5.41, 5.74) is 1.88. The summed E-state index contributed by atoms with van der Waals surface area (Å²) in [5.74, 6) is 1.58. The van der Waals surface area contributed by atoms with Gasteiger partial charge in [-0.3, -0.25) is 0 Å². The van der Waals surface area contributed by atoms with E-state index in [4.69, 9.17) is 14.7 Å². The predicted octanol–water partition coefficient (Wildman–Crippen LogP) is 2.97. The molecule has 0 aliphatic heterocycles. The van der Waals surface area contributed by atoms with Crippen molar-refractivity contribution >= 4 is 5.69 Å². The first-order valence-corrected chi connectivity index (χ1v) is 6.02. The van der Waals surface area contributed by atoms with Crippen molar-refractivity contribution in [3.8, 4) is 17.6 Å². The Hall–Kier alpha value is -1.89. The molecule has 1 rings (SSSR count). The molecule has 0 saturated carbocycles. The third-order valence-corrected chi connectivity index (χ3v) is 2.93. The van der Waals surface area contributed by atoms with Gasteiger partial charge in [0.25, 0.3) is 0 Å². The van der Waals surface area contributed by atoms with E-state index in [2.05, 4.69) is 11.4 Å². The fraction of sp³-hybridized carbons (Fsp3) is 0.500. The van der Waals surface area contributed by atoms with Crippen molar-refractivity contribution < 1.29 is 9.47 Å². The normalized spacial score (nSPS) is 11.5. The summed E-state index contributed by atoms with van der Waals surface area (Å²) in [5, 5.41) is 12.2. The van der Waals surface area contributed by atoms with Crippen LogP contribution in [0.4, 0.5) is 5.69 Å². The number of methoxy groups -OCH3 is 2. The van der Waals surface area contributed by atoms with Crippen LogP contribution in [0.15, 0.2) is 12.1 Å². The van der Waals surface area contributed by atoms with Gasteiger partial charge in [-0.1, -0.05) is 6.92 Å². The maximum Gasteiger partial charge on any atom is 0.142 e. The van der Waals surface area contributed by atoms with Crippen LogP contribution in [0.25, 0.3) is 0 Å². The molecule has 0 amide bonds. The zero-order chi connectivity index (χ0) is 13.5. The van der Waals surface area contributed by atoms with Gasteiger partial charge in [-0.15, -0.1) is 0 Å². The summed E-state index contributed by atoms with van der Waals surface area (Å²) in [7, 11) is 3.27. The Morgan fingerprint density at radius 1 is 1.28 bits per heavy atom. The summed E-state index contributed by atoms with van der Waals surface area (Å²) < 4.78 is 10.6. The van der Waals surface area contributed by atoms with E-state index in [1.165, 1.54) is 0 Å². The van der Waals surface area contributed by atoms with Crippen LogP contribution < -0.4 is 14.8 Å². The van der Waals surface area contributed by atoms with E-state index >= 15 is 0 Å². The van der Waals surface area contributed by atoms with Gasteiger partial charge in [-0.25, -0.2) is 0 Å². The standard InChI is InChI=1S/C14H20N2O2/c1-5-11(8-15)9-16-12-7-13(17-3)10(2)6-14(12)18-4/h6-7,11,16H,5,9H2,1-4H3. The lowest BCUT2D eigenvalue weighted by Crippen LogP contribution is -2.12. The highest BCUT2D eigenvalue weighted by Gasteiger charge is 2.10. The molecule has 0 aliphatic carbocycles. The molecular formula is C14H20N2O2. The quantitative estimate of drug-likeness (QED) is 0.841. The molecule has 0 fully saturated rings. The number of hydrogen-bond acceptors (Lipinski definition) is 4. The van der Waals surface area contributed by atoms with Gasteiger partial charge in [0, 0.05) is 12.6 Å². The fourth-order valence-corrected chi connectivity index (χ4v) is 1.70. The summed E-state index contributed by atoms with van der Waals surface area (Å²) in [6, 6.07) is 6.09. The summed E-state index contributed by atoms with van der Waals surface area (Å²) in [6.07, 6.45) is 0.828. The summed E-state index contributed by atoms with van der Waals surface area (Å²) in [4.78, 5) is 0. The molecule has 4 heteroatoms. The molecule has 4 nitrogen and oxygen atoms in total. The van der Waals surface area contributed by atoms with Crippen molar-refractivity contribution in [2.75, 3.05) is 26.1 Å². The minimum absolute atomic E-state index is 0.00186. The lowest BCUT2D eigenvalue weighted by Gasteiger charge is -2.15. The van der Waals surface area contributed by atoms with Gasteiger partial charge < -0.3 is 14.8 Å². The average Bonchev–Trinajstić information content (AvgIpc) is 2.40. The zero-order valence-corrected chi connectivity index (χ0v) is 11.4. The lowest BCUT2D eigenvalue weighted by atomic mass is 10.1. The van der Waals surface area contributed by atoms with E-state index in [0.29, 0.717) is 6.54 Å². The molecule has 18 heavy (non-hydrogen) atoms. The second kappa shape index (κ2) is 6.75. The smallest absolute Gasteiger partial charge is 0.142 e. The van der Waals surface area contributed by atoms with E-state index in [9.17, 15) is 0 Å². The van der Waals surface area contributed by atoms with Gasteiger partial charge in [0.1, 0.15) is 11.5 Å². The van der Waals surface area contributed by atoms with Crippen LogP contribution >= 0.6 is 0 Å². The Bertz CT molecular complexity index is 438. The molecule has 0 aliphatic rings. The highest BCUT2D eigenvalue weighted by Crippen LogP contribution is 2.32. The van der Waals surface area contributed by atoms with Crippen molar-refractivity contribution in [3.05, 3.63) is 17.7 Å². The van der Waals surface area contributed by atoms with E-state index in [0.717, 1.165) is 29.2 Å². The van der Waals surface area contributed by atoms with E-state index in [1.807, 2.05) is 26.0 Å². The Morgan fingerprint density at radius 2 is 1.94 bits per heavy atom. The number of ether oxygens (including phenoxy) is 2. The number of hydrogen-bond donors (Lipinski definition) is 1. The highest BCUT2D eigenvalue weighted by molar-refractivity contribution is 5.62. The molecule has 0 radical (unpaired) electrons. The van der Waals surface area contributed by atoms with Crippen molar-refractivity contribution in [3.63, 3.8) is 0 Å². The average molecular weight is 248 g/mol. The Morgan fingerprint density at radius 3 is 2.44 bits per heavy atom. The van der Waals surface area contributed by atoms with E-state index in [1.54, 1.807) is 14.2 Å². The number of benzene rings is 1. The first kappa shape index (κ1) is 14.2. The number of nitriles is 1. The second-order valence-electron chi connectivity index (χ2n) is 4.14. The largest absolute Gasteiger partial charge is 0.496 e. The molecule has 1 aromatic carbocycles. The Labute approximate surface area is 109 Å². The SMILES string of the molecule is CCC(C#N)CNc1cc(OC)c(C)cc1OC. The van der Waals surface area contributed by atoms with Crippen molar-refractivity contribution in [1.29, 1.82) is 5.26 Å². The summed E-state index contributed by atoms with van der Waals surface area (Å²) >= 11 is 0. The molecule has 1 atom stereocenters. The number of nitrogens with one attached hydrogen (secondary N) is 1. The first-order chi connectivity index (χ1) is 8.65. The highest BCUT2D eigenvalue weighted by atomic mass is 16.5. The maximum atomic E-state index is 8.93. The van der Waals surface area contributed by atoms with E-state index in [-0.39, 0.29) is 5.92 Å². The third-order valence-electron chi connectivity index (χ3n) is 2.93. The molecule has 0 saturated heterocycles. The van der Waals surface area contributed by atoms with Crippen LogP contribution in [0, 0.1) is 24.2 Å². The zero-order valence-electron chi connectivity index (χ0n) is 11.4. The van der Waals surface area contributed by atoms with E-state index < -0.39 is 0 Å². The Kier molecular flexibility index (Phi) is 5.31. The number of anilines is 1. The van der Waals surface area contributed by atoms with Gasteiger partial charge in [-0.2, -0.15) is 5.26 Å². The van der Waals surface area contributed by atoms with Crippen LogP contribution in [0.2, 0.25) is 0 Å². The molecule has 1 aromatic rings. The molecule has 0 heterocycles. The predicted molar refractivity (Wildman–Crippen MR) is 72.2 cm³/mol. The molecule has 98 valence electrons. The fourth-order valence-electron chi connectivity index (χ4n) is 1.70. The Balaban J connectivity index is 2.90. The van der Waals surface area contributed by atoms with Gasteiger partial charge in [0.2, 0.25) is 0 Å². The van der Waals surface area contributed by atoms with Crippen molar-refractivity contribution in [1.82, 2.24) is 0 Å². The molecule has 1 unspecified atom stereocenters. The topological polar surface area (TPSA) is 54.3 Å². The van der Waals surface area contributed by atoms with Crippen LogP contribution in [0.3, 0.4) is 0 Å². The second-order valence-corrected chi connectivity index (χ2v) is 4.14. The van der Waals surface area contributed by atoms with Crippen LogP contribution in [0.5, 0.6) is 11.5 Å². The monoisotopic (exact) mass is 248 g/mol. The first-order valence-electron chi connectivity index (χ1n) is 6.02. The van der Waals surface area contributed by atoms with Gasteiger partial charge in [-0.05, 0) is 25.0 Å². The third kappa shape index (κ3) is 3.30. The number of rotatable bonds is 6. The molecule has 0 aromatic heterocycles. The summed E-state index contributed by atoms with van der Waals surface area (Å²) in [6.45, 7) is 4.58. The minimum atomic E-state index is 0.00186. The van der Waals surface area contributed by atoms with Crippen LogP contribution in [-0.2, 0) is 0 Å². The molecular weight excluding hydrogens is 228 g/mol. The van der Waals surface area contributed by atoms with Crippen molar-refractivity contribution in [2.45, 2.75) is 20.3 Å². The van der Waals surface area contributed by atoms with Gasteiger partial charge in [0.15, 0.2) is 0 Å².